The van der Waals surface area contributed by atoms with Crippen molar-refractivity contribution in [2.45, 2.75) is 24.8 Å². The van der Waals surface area contributed by atoms with Crippen LogP contribution in [-0.4, -0.2) is 40.8 Å². The molecular weight excluding hydrogens is 402 g/mol. The van der Waals surface area contributed by atoms with Crippen molar-refractivity contribution in [3.63, 3.8) is 0 Å². The first-order valence-corrected chi connectivity index (χ1v) is 11.0. The number of benzene rings is 2. The smallest absolute Gasteiger partial charge is 0.290 e. The zero-order chi connectivity index (χ0) is 21.9. The SMILES string of the molecule is O=C(NCC(c1ccccc1)c1c[nH]c2ccccc12)C1CCCN1C(=O)c1ccco1. The number of H-pyrrole nitrogens is 1. The van der Waals surface area contributed by atoms with E-state index in [1.807, 2.05) is 36.5 Å². The maximum absolute atomic E-state index is 13.2. The number of likely N-dealkylation sites (tertiary alicyclic amines) is 1. The van der Waals surface area contributed by atoms with Crippen molar-refractivity contribution in [1.82, 2.24) is 15.2 Å². The van der Waals surface area contributed by atoms with Crippen LogP contribution in [0.2, 0.25) is 0 Å². The van der Waals surface area contributed by atoms with Crippen LogP contribution in [0.4, 0.5) is 0 Å². The van der Waals surface area contributed by atoms with Crippen molar-refractivity contribution in [3.05, 3.63) is 96.1 Å². The molecule has 0 spiro atoms. The molecule has 6 heteroatoms. The van der Waals surface area contributed by atoms with Gasteiger partial charge in [-0.3, -0.25) is 9.59 Å². The van der Waals surface area contributed by atoms with Crippen molar-refractivity contribution < 1.29 is 14.0 Å². The second kappa shape index (κ2) is 8.75. The van der Waals surface area contributed by atoms with Gasteiger partial charge >= 0.3 is 0 Å². The molecule has 1 aliphatic rings. The number of rotatable bonds is 6. The van der Waals surface area contributed by atoms with Crippen LogP contribution in [0.3, 0.4) is 0 Å². The summed E-state index contributed by atoms with van der Waals surface area (Å²) in [6.07, 6.45) is 4.96. The fraction of sp³-hybridized carbons (Fsp3) is 0.231. The van der Waals surface area contributed by atoms with Gasteiger partial charge in [-0.25, -0.2) is 0 Å². The van der Waals surface area contributed by atoms with Gasteiger partial charge < -0.3 is 19.6 Å². The summed E-state index contributed by atoms with van der Waals surface area (Å²) < 4.78 is 5.26. The highest BCUT2D eigenvalue weighted by molar-refractivity contribution is 5.96. The number of aromatic nitrogens is 1. The second-order valence-corrected chi connectivity index (χ2v) is 8.13. The highest BCUT2D eigenvalue weighted by atomic mass is 16.3. The lowest BCUT2D eigenvalue weighted by atomic mass is 9.91. The molecule has 3 heterocycles. The molecular formula is C26H25N3O3. The van der Waals surface area contributed by atoms with Gasteiger partial charge in [0.05, 0.1) is 6.26 Å². The third-order valence-corrected chi connectivity index (χ3v) is 6.23. The predicted molar refractivity (Wildman–Crippen MR) is 122 cm³/mol. The van der Waals surface area contributed by atoms with E-state index in [9.17, 15) is 9.59 Å². The number of nitrogens with one attached hydrogen (secondary N) is 2. The molecule has 2 unspecified atom stereocenters. The Morgan fingerprint density at radius 1 is 1.06 bits per heavy atom. The van der Waals surface area contributed by atoms with Gasteiger partial charge in [-0.1, -0.05) is 48.5 Å². The number of carbonyl (C=O) groups excluding carboxylic acids is 2. The topological polar surface area (TPSA) is 78.3 Å². The van der Waals surface area contributed by atoms with Crippen LogP contribution < -0.4 is 5.32 Å². The van der Waals surface area contributed by atoms with Gasteiger partial charge in [0.25, 0.3) is 5.91 Å². The summed E-state index contributed by atoms with van der Waals surface area (Å²) in [7, 11) is 0. The fourth-order valence-electron chi connectivity index (χ4n) is 4.62. The molecule has 6 nitrogen and oxygen atoms in total. The molecule has 0 radical (unpaired) electrons. The number of carbonyl (C=O) groups is 2. The Bertz CT molecular complexity index is 1210. The molecule has 1 saturated heterocycles. The van der Waals surface area contributed by atoms with Crippen LogP contribution in [0.5, 0.6) is 0 Å². The zero-order valence-corrected chi connectivity index (χ0v) is 17.7. The van der Waals surface area contributed by atoms with Crippen molar-refractivity contribution in [3.8, 4) is 0 Å². The van der Waals surface area contributed by atoms with Crippen molar-refractivity contribution in [1.29, 1.82) is 0 Å². The Morgan fingerprint density at radius 2 is 1.88 bits per heavy atom. The molecule has 1 fully saturated rings. The molecule has 32 heavy (non-hydrogen) atoms. The van der Waals surface area contributed by atoms with Crippen molar-refractivity contribution in [2.75, 3.05) is 13.1 Å². The molecule has 2 aromatic heterocycles. The van der Waals surface area contributed by atoms with E-state index in [0.717, 1.165) is 28.5 Å². The van der Waals surface area contributed by atoms with Gasteiger partial charge in [-0.05, 0) is 42.2 Å². The minimum Gasteiger partial charge on any atom is -0.459 e. The Labute approximate surface area is 186 Å². The molecule has 0 bridgehead atoms. The van der Waals surface area contributed by atoms with E-state index in [0.29, 0.717) is 19.5 Å². The molecule has 2 N–H and O–H groups in total. The van der Waals surface area contributed by atoms with Crippen molar-refractivity contribution in [2.24, 2.45) is 0 Å². The van der Waals surface area contributed by atoms with Gasteiger partial charge in [0.15, 0.2) is 5.76 Å². The maximum atomic E-state index is 13.2. The van der Waals surface area contributed by atoms with Gasteiger partial charge in [0.1, 0.15) is 6.04 Å². The predicted octanol–water partition coefficient (Wildman–Crippen LogP) is 4.31. The lowest BCUT2D eigenvalue weighted by molar-refractivity contribution is -0.124. The molecule has 5 rings (SSSR count). The summed E-state index contributed by atoms with van der Waals surface area (Å²) >= 11 is 0. The highest BCUT2D eigenvalue weighted by Gasteiger charge is 2.35. The monoisotopic (exact) mass is 427 g/mol. The molecule has 2 aromatic carbocycles. The minimum atomic E-state index is -0.480. The third kappa shape index (κ3) is 3.80. The lowest BCUT2D eigenvalue weighted by Crippen LogP contribution is -2.46. The summed E-state index contributed by atoms with van der Waals surface area (Å²) in [5.41, 5.74) is 3.34. The van der Waals surface area contributed by atoms with Gasteiger partial charge in [-0.2, -0.15) is 0 Å². The molecule has 0 saturated carbocycles. The molecule has 0 aliphatic carbocycles. The summed E-state index contributed by atoms with van der Waals surface area (Å²) in [6, 6.07) is 21.2. The lowest BCUT2D eigenvalue weighted by Gasteiger charge is -2.25. The van der Waals surface area contributed by atoms with Crippen LogP contribution in [-0.2, 0) is 4.79 Å². The van der Waals surface area contributed by atoms with Crippen LogP contribution >= 0.6 is 0 Å². The van der Waals surface area contributed by atoms with E-state index in [-0.39, 0.29) is 23.5 Å². The van der Waals surface area contributed by atoms with Gasteiger partial charge in [-0.15, -0.1) is 0 Å². The second-order valence-electron chi connectivity index (χ2n) is 8.13. The van der Waals surface area contributed by atoms with Crippen LogP contribution in [0.25, 0.3) is 10.9 Å². The number of hydrogen-bond donors (Lipinski definition) is 2. The Balaban J connectivity index is 1.36. The summed E-state index contributed by atoms with van der Waals surface area (Å²) in [5.74, 6) is -0.0929. The number of amides is 2. The Hall–Kier alpha value is -3.80. The van der Waals surface area contributed by atoms with E-state index in [4.69, 9.17) is 4.42 Å². The minimum absolute atomic E-state index is 0.00747. The first-order chi connectivity index (χ1) is 15.7. The van der Waals surface area contributed by atoms with Crippen LogP contribution in [0.15, 0.2) is 83.6 Å². The summed E-state index contributed by atoms with van der Waals surface area (Å²) in [4.78, 5) is 30.9. The Morgan fingerprint density at radius 3 is 2.69 bits per heavy atom. The summed E-state index contributed by atoms with van der Waals surface area (Å²) in [5, 5.41) is 4.27. The first kappa shape index (κ1) is 20.1. The summed E-state index contributed by atoms with van der Waals surface area (Å²) in [6.45, 7) is 1.01. The number of hydrogen-bond acceptors (Lipinski definition) is 3. The number of para-hydroxylation sites is 1. The molecule has 2 amide bonds. The van der Waals surface area contributed by atoms with Gasteiger partial charge in [0, 0.05) is 36.1 Å². The standard InChI is InChI=1S/C26H25N3O3/c30-25(23-12-6-14-29(23)26(31)24-13-7-15-32-24)28-16-20(18-8-2-1-3-9-18)21-17-27-22-11-5-4-10-19(21)22/h1-5,7-11,13,15,17,20,23,27H,6,12,14,16H2,(H,28,30). The Kier molecular flexibility index (Phi) is 5.50. The largest absolute Gasteiger partial charge is 0.459 e. The molecule has 162 valence electrons. The quantitative estimate of drug-likeness (QED) is 0.481. The molecule has 2 atom stereocenters. The molecule has 1 aliphatic heterocycles. The normalized spacial score (nSPS) is 16.9. The number of aromatic amines is 1. The average molecular weight is 428 g/mol. The number of fused-ring (bicyclic) bond motifs is 1. The van der Waals surface area contributed by atoms with E-state index in [1.165, 1.54) is 6.26 Å². The third-order valence-electron chi connectivity index (χ3n) is 6.23. The zero-order valence-electron chi connectivity index (χ0n) is 17.7. The number of nitrogens with zero attached hydrogens (tertiary/aromatic N) is 1. The van der Waals surface area contributed by atoms with Crippen LogP contribution in [0.1, 0.15) is 40.4 Å². The maximum Gasteiger partial charge on any atom is 0.290 e. The van der Waals surface area contributed by atoms with E-state index >= 15 is 0 Å². The highest BCUT2D eigenvalue weighted by Crippen LogP contribution is 2.30. The van der Waals surface area contributed by atoms with Crippen molar-refractivity contribution >= 4 is 22.7 Å². The van der Waals surface area contributed by atoms with Gasteiger partial charge in [0.2, 0.25) is 5.91 Å². The number of furan rings is 1. The van der Waals surface area contributed by atoms with E-state index in [2.05, 4.69) is 34.6 Å². The average Bonchev–Trinajstić information content (AvgIpc) is 3.60. The van der Waals surface area contributed by atoms with E-state index < -0.39 is 6.04 Å². The fourth-order valence-corrected chi connectivity index (χ4v) is 4.62. The van der Waals surface area contributed by atoms with Crippen LogP contribution in [0, 0.1) is 0 Å². The first-order valence-electron chi connectivity index (χ1n) is 11.0. The molecule has 4 aromatic rings. The van der Waals surface area contributed by atoms with E-state index in [1.54, 1.807) is 17.0 Å².